The molecule has 0 atom stereocenters. The number of fused-ring (bicyclic) bond motifs is 2. The van der Waals surface area contributed by atoms with E-state index in [1.165, 1.54) is 18.4 Å². The highest BCUT2D eigenvalue weighted by molar-refractivity contribution is 5.91. The largest absolute Gasteiger partial charge is 0.507 e. The maximum atomic E-state index is 12.7. The van der Waals surface area contributed by atoms with Crippen LogP contribution in [0.4, 0.5) is 0 Å². The fourth-order valence-electron chi connectivity index (χ4n) is 2.51. The van der Waals surface area contributed by atoms with Gasteiger partial charge in [0, 0.05) is 11.6 Å². The summed E-state index contributed by atoms with van der Waals surface area (Å²) in [6.45, 7) is -0.0280. The molecule has 1 aliphatic rings. The zero-order valence-corrected chi connectivity index (χ0v) is 11.2. The molecule has 0 spiro atoms. The van der Waals surface area contributed by atoms with E-state index >= 15 is 0 Å². The van der Waals surface area contributed by atoms with E-state index in [1.807, 2.05) is 0 Å². The Hall–Kier alpha value is -3.15. The molecule has 6 heteroatoms. The Balaban J connectivity index is 2.07. The van der Waals surface area contributed by atoms with Crippen LogP contribution in [-0.4, -0.2) is 17.0 Å². The molecule has 2 N–H and O–H groups in total. The number of phenols is 2. The Labute approximate surface area is 123 Å². The van der Waals surface area contributed by atoms with Crippen LogP contribution in [0.15, 0.2) is 45.8 Å². The molecule has 0 bridgehead atoms. The van der Waals surface area contributed by atoms with Crippen molar-refractivity contribution in [3.63, 3.8) is 0 Å². The summed E-state index contributed by atoms with van der Waals surface area (Å²) in [6.07, 6.45) is 1.25. The molecule has 1 aromatic heterocycles. The third kappa shape index (κ3) is 1.64. The molecule has 0 saturated heterocycles. The van der Waals surface area contributed by atoms with Crippen molar-refractivity contribution in [2.45, 2.75) is 0 Å². The molecule has 3 aromatic rings. The minimum absolute atomic E-state index is 0.00926. The Bertz CT molecular complexity index is 957. The summed E-state index contributed by atoms with van der Waals surface area (Å²) < 4.78 is 15.8. The lowest BCUT2D eigenvalue weighted by Crippen LogP contribution is -2.05. The van der Waals surface area contributed by atoms with Crippen LogP contribution in [-0.2, 0) is 0 Å². The number of ether oxygens (including phenoxy) is 2. The molecule has 0 radical (unpaired) electrons. The smallest absolute Gasteiger partial charge is 0.231 e. The van der Waals surface area contributed by atoms with E-state index in [-0.39, 0.29) is 40.6 Å². The third-order valence-corrected chi connectivity index (χ3v) is 3.57. The fraction of sp³-hybridized carbons (Fsp3) is 0.0625. The molecule has 0 amide bonds. The van der Waals surface area contributed by atoms with Crippen LogP contribution in [0.2, 0.25) is 0 Å². The first-order chi connectivity index (χ1) is 10.7. The van der Waals surface area contributed by atoms with Crippen molar-refractivity contribution in [2.24, 2.45) is 0 Å². The lowest BCUT2D eigenvalue weighted by molar-refractivity contribution is 0.171. The molecule has 2 heterocycles. The van der Waals surface area contributed by atoms with Crippen LogP contribution < -0.4 is 14.9 Å². The molecular formula is C16H10O6. The molecule has 1 aliphatic heterocycles. The van der Waals surface area contributed by atoms with E-state index < -0.39 is 5.43 Å². The van der Waals surface area contributed by atoms with Gasteiger partial charge in [-0.15, -0.1) is 0 Å². The van der Waals surface area contributed by atoms with Gasteiger partial charge in [-0.25, -0.2) is 0 Å². The number of aromatic hydroxyl groups is 2. The van der Waals surface area contributed by atoms with E-state index in [2.05, 4.69) is 0 Å². The molecule has 6 nitrogen and oxygen atoms in total. The van der Waals surface area contributed by atoms with E-state index in [1.54, 1.807) is 18.2 Å². The molecule has 4 rings (SSSR count). The monoisotopic (exact) mass is 298 g/mol. The van der Waals surface area contributed by atoms with Crippen LogP contribution in [0.5, 0.6) is 23.0 Å². The molecule has 0 fully saturated rings. The Morgan fingerprint density at radius 2 is 1.86 bits per heavy atom. The summed E-state index contributed by atoms with van der Waals surface area (Å²) >= 11 is 0. The van der Waals surface area contributed by atoms with Crippen LogP contribution in [0.25, 0.3) is 22.1 Å². The SMILES string of the molecule is O=c1c(-c2ccccc2O)coc2cc3c(c(O)c12)OCO3. The van der Waals surface area contributed by atoms with E-state index in [9.17, 15) is 15.0 Å². The Morgan fingerprint density at radius 1 is 1.05 bits per heavy atom. The standard InChI is InChI=1S/C16H10O6/c17-10-4-2-1-3-8(10)9-6-20-11-5-12-16(22-7-21-12)15(19)13(11)14(9)18/h1-6,17,19H,7H2. The summed E-state index contributed by atoms with van der Waals surface area (Å²) in [5, 5.41) is 20.2. The second kappa shape index (κ2) is 4.42. The summed E-state index contributed by atoms with van der Waals surface area (Å²) in [7, 11) is 0. The first kappa shape index (κ1) is 12.6. The van der Waals surface area contributed by atoms with Crippen LogP contribution in [0.3, 0.4) is 0 Å². The summed E-state index contributed by atoms with van der Waals surface area (Å²) in [4.78, 5) is 12.7. The molecule has 22 heavy (non-hydrogen) atoms. The topological polar surface area (TPSA) is 89.1 Å². The first-order valence-electron chi connectivity index (χ1n) is 6.52. The molecule has 2 aromatic carbocycles. The van der Waals surface area contributed by atoms with Gasteiger partial charge in [0.05, 0.1) is 5.56 Å². The fourth-order valence-corrected chi connectivity index (χ4v) is 2.51. The second-order valence-electron chi connectivity index (χ2n) is 4.83. The average Bonchev–Trinajstić information content (AvgIpc) is 2.97. The molecular weight excluding hydrogens is 288 g/mol. The minimum Gasteiger partial charge on any atom is -0.507 e. The second-order valence-corrected chi connectivity index (χ2v) is 4.83. The van der Waals surface area contributed by atoms with Crippen molar-refractivity contribution in [1.82, 2.24) is 0 Å². The van der Waals surface area contributed by atoms with Gasteiger partial charge in [0.1, 0.15) is 23.0 Å². The zero-order chi connectivity index (χ0) is 15.3. The Morgan fingerprint density at radius 3 is 2.68 bits per heavy atom. The van der Waals surface area contributed by atoms with Crippen molar-refractivity contribution in [2.75, 3.05) is 6.79 Å². The van der Waals surface area contributed by atoms with Crippen molar-refractivity contribution < 1.29 is 24.1 Å². The van der Waals surface area contributed by atoms with E-state index in [0.29, 0.717) is 11.3 Å². The van der Waals surface area contributed by atoms with Gasteiger partial charge in [0.2, 0.25) is 18.0 Å². The van der Waals surface area contributed by atoms with Crippen molar-refractivity contribution >= 4 is 11.0 Å². The number of hydrogen-bond donors (Lipinski definition) is 2. The lowest BCUT2D eigenvalue weighted by Gasteiger charge is -2.07. The van der Waals surface area contributed by atoms with Gasteiger partial charge in [0.25, 0.3) is 0 Å². The maximum absolute atomic E-state index is 12.7. The summed E-state index contributed by atoms with van der Waals surface area (Å²) in [5.41, 5.74) is 0.208. The van der Waals surface area contributed by atoms with Crippen molar-refractivity contribution in [3.8, 4) is 34.1 Å². The van der Waals surface area contributed by atoms with Crippen LogP contribution in [0.1, 0.15) is 0 Å². The van der Waals surface area contributed by atoms with Crippen LogP contribution in [0, 0.1) is 0 Å². The normalized spacial score (nSPS) is 12.7. The van der Waals surface area contributed by atoms with Gasteiger partial charge in [-0.2, -0.15) is 0 Å². The van der Waals surface area contributed by atoms with Gasteiger partial charge >= 0.3 is 0 Å². The van der Waals surface area contributed by atoms with Gasteiger partial charge < -0.3 is 24.1 Å². The van der Waals surface area contributed by atoms with Crippen molar-refractivity contribution in [1.29, 1.82) is 0 Å². The van der Waals surface area contributed by atoms with Crippen LogP contribution >= 0.6 is 0 Å². The maximum Gasteiger partial charge on any atom is 0.231 e. The van der Waals surface area contributed by atoms with E-state index in [0.717, 1.165) is 0 Å². The van der Waals surface area contributed by atoms with Gasteiger partial charge in [-0.3, -0.25) is 4.79 Å². The average molecular weight is 298 g/mol. The number of benzene rings is 2. The summed E-state index contributed by atoms with van der Waals surface area (Å²) in [5.74, 6) is 0.0723. The predicted molar refractivity (Wildman–Crippen MR) is 77.4 cm³/mol. The molecule has 0 aliphatic carbocycles. The van der Waals surface area contributed by atoms with E-state index in [4.69, 9.17) is 13.9 Å². The quantitative estimate of drug-likeness (QED) is 0.718. The first-order valence-corrected chi connectivity index (χ1v) is 6.52. The number of rotatable bonds is 1. The van der Waals surface area contributed by atoms with Gasteiger partial charge in [-0.1, -0.05) is 18.2 Å². The third-order valence-electron chi connectivity index (χ3n) is 3.57. The molecule has 110 valence electrons. The minimum atomic E-state index is -0.460. The highest BCUT2D eigenvalue weighted by Gasteiger charge is 2.25. The molecule has 0 saturated carbocycles. The molecule has 0 unspecified atom stereocenters. The highest BCUT2D eigenvalue weighted by atomic mass is 16.7. The van der Waals surface area contributed by atoms with Gasteiger partial charge in [-0.05, 0) is 6.07 Å². The zero-order valence-electron chi connectivity index (χ0n) is 11.2. The predicted octanol–water partition coefficient (Wildman–Crippen LogP) is 2.60. The van der Waals surface area contributed by atoms with Crippen molar-refractivity contribution in [3.05, 3.63) is 46.8 Å². The highest BCUT2D eigenvalue weighted by Crippen LogP contribution is 2.44. The Kier molecular flexibility index (Phi) is 2.53. The number of para-hydroxylation sites is 1. The summed E-state index contributed by atoms with van der Waals surface area (Å²) in [6, 6.07) is 7.90. The number of phenolic OH excluding ortho intramolecular Hbond substituents is 2. The van der Waals surface area contributed by atoms with Gasteiger partial charge in [0.15, 0.2) is 11.5 Å². The number of hydrogen-bond acceptors (Lipinski definition) is 6. The lowest BCUT2D eigenvalue weighted by atomic mass is 10.0.